The van der Waals surface area contributed by atoms with Crippen LogP contribution in [0.15, 0.2) is 35.4 Å². The van der Waals surface area contributed by atoms with E-state index in [4.69, 9.17) is 5.14 Å². The molecule has 1 amide bonds. The lowest BCUT2D eigenvalue weighted by Gasteiger charge is -2.17. The normalized spacial score (nSPS) is 11.4. The molecule has 0 unspecified atom stereocenters. The summed E-state index contributed by atoms with van der Waals surface area (Å²) in [4.78, 5) is 13.8. The number of anilines is 1. The minimum absolute atomic E-state index is 0.00431. The Morgan fingerprint density at radius 2 is 1.86 bits per heavy atom. The molecule has 0 radical (unpaired) electrons. The minimum atomic E-state index is -3.74. The van der Waals surface area contributed by atoms with E-state index >= 15 is 0 Å². The first-order valence-corrected chi connectivity index (χ1v) is 7.66. The van der Waals surface area contributed by atoms with Crippen LogP contribution in [0.1, 0.15) is 16.1 Å². The van der Waals surface area contributed by atoms with Gasteiger partial charge < -0.3 is 4.90 Å². The summed E-state index contributed by atoms with van der Waals surface area (Å²) in [6.07, 6.45) is 1.51. The number of rotatable bonds is 3. The van der Waals surface area contributed by atoms with Crippen molar-refractivity contribution in [1.82, 2.24) is 9.78 Å². The lowest BCUT2D eigenvalue weighted by atomic mass is 10.2. The summed E-state index contributed by atoms with van der Waals surface area (Å²) in [5, 5.41) is 9.07. The molecule has 0 bridgehead atoms. The maximum Gasteiger partial charge on any atom is 0.261 e. The van der Waals surface area contributed by atoms with Crippen LogP contribution in [0.3, 0.4) is 0 Å². The van der Waals surface area contributed by atoms with Crippen LogP contribution in [0.2, 0.25) is 0 Å². The number of amides is 1. The molecule has 21 heavy (non-hydrogen) atoms. The third-order valence-corrected chi connectivity index (χ3v) is 4.25. The van der Waals surface area contributed by atoms with Gasteiger partial charge >= 0.3 is 0 Å². The highest BCUT2D eigenvalue weighted by molar-refractivity contribution is 7.89. The molecule has 0 saturated heterocycles. The molecule has 7 nitrogen and oxygen atoms in total. The van der Waals surface area contributed by atoms with E-state index in [-0.39, 0.29) is 10.8 Å². The SMILES string of the molecule is Cc1c(C(=O)N(C)c2ccc(S(N)(=O)=O)cc2)cnn1C. The number of benzene rings is 1. The highest BCUT2D eigenvalue weighted by Gasteiger charge is 2.18. The Morgan fingerprint density at radius 1 is 1.29 bits per heavy atom. The molecule has 2 aromatic rings. The van der Waals surface area contributed by atoms with Gasteiger partial charge in [0.25, 0.3) is 5.91 Å². The van der Waals surface area contributed by atoms with Gasteiger partial charge in [-0.2, -0.15) is 5.10 Å². The summed E-state index contributed by atoms with van der Waals surface area (Å²) in [7, 11) is -0.369. The molecule has 1 aromatic carbocycles. The zero-order valence-corrected chi connectivity index (χ0v) is 12.8. The molecule has 0 spiro atoms. The zero-order valence-electron chi connectivity index (χ0n) is 11.9. The summed E-state index contributed by atoms with van der Waals surface area (Å²) in [5.74, 6) is -0.219. The molecule has 0 saturated carbocycles. The Balaban J connectivity index is 2.30. The standard InChI is InChI=1S/C13H16N4O3S/c1-9-12(8-15-17(9)3)13(18)16(2)10-4-6-11(7-5-10)21(14,19)20/h4-8H,1-3H3,(H2,14,19,20). The molecule has 2 N–H and O–H groups in total. The number of hydrogen-bond donors (Lipinski definition) is 1. The van der Waals surface area contributed by atoms with E-state index in [1.54, 1.807) is 25.7 Å². The average molecular weight is 308 g/mol. The maximum atomic E-state index is 12.4. The Hall–Kier alpha value is -2.19. The Labute approximate surface area is 123 Å². The molecule has 0 atom stereocenters. The van der Waals surface area contributed by atoms with E-state index < -0.39 is 10.0 Å². The Bertz CT molecular complexity index is 778. The number of carbonyl (C=O) groups is 1. The van der Waals surface area contributed by atoms with Crippen molar-refractivity contribution in [3.05, 3.63) is 41.7 Å². The Kier molecular flexibility index (Phi) is 3.84. The maximum absolute atomic E-state index is 12.4. The van der Waals surface area contributed by atoms with Crippen LogP contribution >= 0.6 is 0 Å². The van der Waals surface area contributed by atoms with Crippen LogP contribution in [-0.2, 0) is 17.1 Å². The van der Waals surface area contributed by atoms with Crippen LogP contribution in [-0.4, -0.2) is 31.2 Å². The first-order valence-electron chi connectivity index (χ1n) is 6.11. The van der Waals surface area contributed by atoms with E-state index in [1.807, 2.05) is 0 Å². The second-order valence-corrected chi connectivity index (χ2v) is 6.23. The van der Waals surface area contributed by atoms with Crippen LogP contribution < -0.4 is 10.0 Å². The molecule has 0 fully saturated rings. The highest BCUT2D eigenvalue weighted by atomic mass is 32.2. The molecule has 112 valence electrons. The second kappa shape index (κ2) is 5.30. The quantitative estimate of drug-likeness (QED) is 0.900. The van der Waals surface area contributed by atoms with Gasteiger partial charge in [-0.05, 0) is 31.2 Å². The number of aryl methyl sites for hydroxylation is 1. The van der Waals surface area contributed by atoms with Crippen LogP contribution in [0, 0.1) is 6.92 Å². The number of nitrogens with zero attached hydrogens (tertiary/aromatic N) is 3. The van der Waals surface area contributed by atoms with Crippen molar-refractivity contribution < 1.29 is 13.2 Å². The lowest BCUT2D eigenvalue weighted by Crippen LogP contribution is -2.26. The third kappa shape index (κ3) is 2.96. The van der Waals surface area contributed by atoms with Crippen molar-refractivity contribution in [2.24, 2.45) is 12.2 Å². The van der Waals surface area contributed by atoms with E-state index in [9.17, 15) is 13.2 Å². The monoisotopic (exact) mass is 308 g/mol. The number of primary sulfonamides is 1. The van der Waals surface area contributed by atoms with Gasteiger partial charge in [-0.15, -0.1) is 0 Å². The van der Waals surface area contributed by atoms with E-state index in [0.717, 1.165) is 5.69 Å². The summed E-state index contributed by atoms with van der Waals surface area (Å²) in [5.41, 5.74) is 1.82. The Morgan fingerprint density at radius 3 is 2.29 bits per heavy atom. The van der Waals surface area contributed by atoms with Gasteiger partial charge in [0.2, 0.25) is 10.0 Å². The fourth-order valence-corrected chi connectivity index (χ4v) is 2.38. The predicted octanol–water partition coefficient (Wildman–Crippen LogP) is 0.653. The fourth-order valence-electron chi connectivity index (χ4n) is 1.87. The van der Waals surface area contributed by atoms with Crippen molar-refractivity contribution >= 4 is 21.6 Å². The average Bonchev–Trinajstić information content (AvgIpc) is 2.77. The predicted molar refractivity (Wildman–Crippen MR) is 78.5 cm³/mol. The third-order valence-electron chi connectivity index (χ3n) is 3.32. The van der Waals surface area contributed by atoms with Crippen LogP contribution in [0.25, 0.3) is 0 Å². The lowest BCUT2D eigenvalue weighted by molar-refractivity contribution is 0.0992. The van der Waals surface area contributed by atoms with Gasteiger partial charge in [0.1, 0.15) is 0 Å². The molecule has 8 heteroatoms. The van der Waals surface area contributed by atoms with Gasteiger partial charge in [-0.1, -0.05) is 0 Å². The molecule has 1 aromatic heterocycles. The van der Waals surface area contributed by atoms with Crippen molar-refractivity contribution in [3.63, 3.8) is 0 Å². The summed E-state index contributed by atoms with van der Waals surface area (Å²) >= 11 is 0. The topological polar surface area (TPSA) is 98.3 Å². The molecule has 0 aliphatic carbocycles. The zero-order chi connectivity index (χ0) is 15.8. The van der Waals surface area contributed by atoms with E-state index in [1.165, 1.54) is 35.4 Å². The number of carbonyl (C=O) groups excluding carboxylic acids is 1. The van der Waals surface area contributed by atoms with E-state index in [0.29, 0.717) is 11.3 Å². The molecule has 0 aliphatic heterocycles. The molecule has 0 aliphatic rings. The van der Waals surface area contributed by atoms with Crippen molar-refractivity contribution in [3.8, 4) is 0 Å². The first-order chi connectivity index (χ1) is 9.71. The number of sulfonamides is 1. The van der Waals surface area contributed by atoms with Gasteiger partial charge in [-0.25, -0.2) is 13.6 Å². The molecular formula is C13H16N4O3S. The summed E-state index contributed by atoms with van der Waals surface area (Å²) in [6, 6.07) is 5.79. The van der Waals surface area contributed by atoms with Gasteiger partial charge in [0.15, 0.2) is 0 Å². The number of nitrogens with two attached hydrogens (primary N) is 1. The highest BCUT2D eigenvalue weighted by Crippen LogP contribution is 2.19. The number of aromatic nitrogens is 2. The fraction of sp³-hybridized carbons (Fsp3) is 0.231. The van der Waals surface area contributed by atoms with Crippen molar-refractivity contribution in [2.75, 3.05) is 11.9 Å². The molecule has 2 rings (SSSR count). The van der Waals surface area contributed by atoms with Gasteiger partial charge in [0, 0.05) is 25.5 Å². The molecular weight excluding hydrogens is 292 g/mol. The first kappa shape index (κ1) is 15.2. The van der Waals surface area contributed by atoms with E-state index in [2.05, 4.69) is 5.10 Å². The number of hydrogen-bond acceptors (Lipinski definition) is 4. The van der Waals surface area contributed by atoms with Gasteiger partial charge in [0.05, 0.1) is 16.7 Å². The summed E-state index contributed by atoms with van der Waals surface area (Å²) < 4.78 is 24.0. The van der Waals surface area contributed by atoms with Crippen molar-refractivity contribution in [2.45, 2.75) is 11.8 Å². The molecule has 1 heterocycles. The summed E-state index contributed by atoms with van der Waals surface area (Å²) in [6.45, 7) is 1.80. The minimum Gasteiger partial charge on any atom is -0.311 e. The smallest absolute Gasteiger partial charge is 0.261 e. The largest absolute Gasteiger partial charge is 0.311 e. The second-order valence-electron chi connectivity index (χ2n) is 4.67. The van der Waals surface area contributed by atoms with Crippen molar-refractivity contribution in [1.29, 1.82) is 0 Å². The van der Waals surface area contributed by atoms with Crippen LogP contribution in [0.4, 0.5) is 5.69 Å². The van der Waals surface area contributed by atoms with Crippen LogP contribution in [0.5, 0.6) is 0 Å². The van der Waals surface area contributed by atoms with Gasteiger partial charge in [-0.3, -0.25) is 9.48 Å².